The number of rotatable bonds is 10. The van der Waals surface area contributed by atoms with Gasteiger partial charge in [-0.3, -0.25) is 4.57 Å². The molecule has 0 atom stereocenters. The highest BCUT2D eigenvalue weighted by molar-refractivity contribution is 6.09. The van der Waals surface area contributed by atoms with E-state index >= 15 is 0 Å². The molecule has 0 bridgehead atoms. The summed E-state index contributed by atoms with van der Waals surface area (Å²) in [5.41, 5.74) is 12.7. The van der Waals surface area contributed by atoms with Gasteiger partial charge in [-0.15, -0.1) is 0 Å². The third-order valence-corrected chi connectivity index (χ3v) is 10.2. The molecule has 272 valence electrons. The van der Waals surface area contributed by atoms with Crippen LogP contribution in [0.25, 0.3) is 44.4 Å². The second kappa shape index (κ2) is 14.3. The molecule has 0 amide bonds. The average molecular weight is 703 g/mol. The zero-order valence-electron chi connectivity index (χ0n) is 33.2. The van der Waals surface area contributed by atoms with Crippen molar-refractivity contribution in [3.05, 3.63) is 131 Å². The molecule has 53 heavy (non-hydrogen) atoms. The Kier molecular flexibility index (Phi) is 9.80. The van der Waals surface area contributed by atoms with Crippen molar-refractivity contribution in [2.75, 3.05) is 0 Å². The number of hydrogen-bond donors (Lipinski definition) is 0. The number of fused-ring (bicyclic) bond motifs is 3. The summed E-state index contributed by atoms with van der Waals surface area (Å²) in [6.45, 7) is 23.2. The molecule has 0 saturated carbocycles. The second-order valence-electron chi connectivity index (χ2n) is 16.9. The number of para-hydroxylation sites is 1. The molecule has 7 aromatic rings. The van der Waals surface area contributed by atoms with Crippen LogP contribution >= 0.6 is 0 Å². The van der Waals surface area contributed by atoms with Crippen LogP contribution in [0.3, 0.4) is 0 Å². The highest BCUT2D eigenvalue weighted by atomic mass is 16.5. The van der Waals surface area contributed by atoms with Crippen LogP contribution in [-0.4, -0.2) is 19.3 Å². The molecule has 0 radical (unpaired) electrons. The Bertz CT molecular complexity index is 2420. The highest BCUT2D eigenvalue weighted by Crippen LogP contribution is 2.43. The number of benzene rings is 4. The summed E-state index contributed by atoms with van der Waals surface area (Å²) >= 11 is 0. The van der Waals surface area contributed by atoms with Crippen molar-refractivity contribution >= 4 is 21.8 Å². The first-order chi connectivity index (χ1) is 25.3. The number of hydrogen-bond acceptors (Lipinski definition) is 3. The van der Waals surface area contributed by atoms with E-state index in [4.69, 9.17) is 14.8 Å². The lowest BCUT2D eigenvalue weighted by Crippen LogP contribution is -2.18. The van der Waals surface area contributed by atoms with E-state index in [1.54, 1.807) is 0 Å². The summed E-state index contributed by atoms with van der Waals surface area (Å²) in [7, 11) is 0. The number of pyridine rings is 1. The molecule has 0 aliphatic heterocycles. The molecule has 3 aromatic heterocycles. The second-order valence-corrected chi connectivity index (χ2v) is 16.9. The quantitative estimate of drug-likeness (QED) is 0.142. The Labute approximate surface area is 315 Å². The summed E-state index contributed by atoms with van der Waals surface area (Å²) in [5, 5.41) is 7.32. The van der Waals surface area contributed by atoms with E-state index in [-0.39, 0.29) is 5.41 Å². The molecule has 5 heteroatoms. The van der Waals surface area contributed by atoms with Crippen LogP contribution < -0.4 is 4.74 Å². The molecule has 3 heterocycles. The molecular formula is C48H54N4O. The Morgan fingerprint density at radius 2 is 1.47 bits per heavy atom. The van der Waals surface area contributed by atoms with Gasteiger partial charge >= 0.3 is 0 Å². The minimum atomic E-state index is -0.0286. The first kappa shape index (κ1) is 36.2. The fourth-order valence-electron chi connectivity index (χ4n) is 7.94. The lowest BCUT2D eigenvalue weighted by molar-refractivity contribution is 0.483. The van der Waals surface area contributed by atoms with E-state index in [0.29, 0.717) is 17.8 Å². The van der Waals surface area contributed by atoms with Gasteiger partial charge in [-0.2, -0.15) is 5.10 Å². The van der Waals surface area contributed by atoms with E-state index in [2.05, 4.69) is 153 Å². The van der Waals surface area contributed by atoms with E-state index in [1.807, 2.05) is 29.1 Å². The Hall–Kier alpha value is -5.16. The van der Waals surface area contributed by atoms with Gasteiger partial charge in [0.05, 0.1) is 22.9 Å². The summed E-state index contributed by atoms with van der Waals surface area (Å²) in [6, 6.07) is 29.7. The predicted octanol–water partition coefficient (Wildman–Crippen LogP) is 13.0. The smallest absolute Gasteiger partial charge is 0.137 e. The zero-order valence-corrected chi connectivity index (χ0v) is 33.2. The third-order valence-electron chi connectivity index (χ3n) is 10.2. The first-order valence-electron chi connectivity index (χ1n) is 19.3. The monoisotopic (exact) mass is 702 g/mol. The third kappa shape index (κ3) is 7.27. The van der Waals surface area contributed by atoms with E-state index in [0.717, 1.165) is 52.4 Å². The van der Waals surface area contributed by atoms with Crippen molar-refractivity contribution < 1.29 is 4.74 Å². The van der Waals surface area contributed by atoms with Crippen LogP contribution in [0.1, 0.15) is 96.0 Å². The molecule has 0 unspecified atom stereocenters. The van der Waals surface area contributed by atoms with Crippen molar-refractivity contribution in [1.82, 2.24) is 19.3 Å². The summed E-state index contributed by atoms with van der Waals surface area (Å²) in [4.78, 5) is 4.74. The molecule has 0 N–H and O–H groups in total. The summed E-state index contributed by atoms with van der Waals surface area (Å²) in [6.07, 6.45) is 8.30. The fourth-order valence-corrected chi connectivity index (χ4v) is 7.94. The molecule has 0 fully saturated rings. The Morgan fingerprint density at radius 3 is 2.19 bits per heavy atom. The molecule has 0 aliphatic carbocycles. The van der Waals surface area contributed by atoms with Gasteiger partial charge in [-0.1, -0.05) is 92.6 Å². The Morgan fingerprint density at radius 1 is 0.736 bits per heavy atom. The van der Waals surface area contributed by atoms with Crippen molar-refractivity contribution in [1.29, 1.82) is 0 Å². The fraction of sp³-hybridized carbons (Fsp3) is 0.333. The van der Waals surface area contributed by atoms with Crippen molar-refractivity contribution in [3.63, 3.8) is 0 Å². The van der Waals surface area contributed by atoms with Crippen molar-refractivity contribution in [3.8, 4) is 34.1 Å². The van der Waals surface area contributed by atoms with Gasteiger partial charge in [-0.25, -0.2) is 9.67 Å². The minimum absolute atomic E-state index is 0.0286. The Balaban J connectivity index is 1.28. The van der Waals surface area contributed by atoms with Crippen LogP contribution in [-0.2, 0) is 18.3 Å². The molecule has 0 saturated heterocycles. The molecule has 0 aliphatic rings. The maximum absolute atomic E-state index is 6.59. The highest BCUT2D eigenvalue weighted by Gasteiger charge is 2.28. The van der Waals surface area contributed by atoms with E-state index in [9.17, 15) is 0 Å². The number of nitrogens with zero attached hydrogens (tertiary/aromatic N) is 4. The van der Waals surface area contributed by atoms with Crippen molar-refractivity contribution in [2.24, 2.45) is 11.8 Å². The normalized spacial score (nSPS) is 12.2. The van der Waals surface area contributed by atoms with Gasteiger partial charge < -0.3 is 4.74 Å². The van der Waals surface area contributed by atoms with Gasteiger partial charge in [0.25, 0.3) is 0 Å². The van der Waals surface area contributed by atoms with Crippen molar-refractivity contribution in [2.45, 2.75) is 93.4 Å². The molecule has 4 aromatic carbocycles. The average Bonchev–Trinajstić information content (AvgIpc) is 3.71. The maximum atomic E-state index is 6.59. The standard InChI is InChI=1S/C48H54N4O/c1-30(2)22-34-25-42(48(8,9)10)47(46(32(5)6)41(34)23-31(3)4)35-28-50-51(29-35)36-14-13-15-37(26-36)53-38-18-19-40-39-16-11-12-17-43(39)52(44(40)27-38)45-24-33(7)20-21-49-45/h11-21,24-32H,22-23H2,1-10H3. The van der Waals surface area contributed by atoms with Gasteiger partial charge in [0.15, 0.2) is 0 Å². The molecule has 7 rings (SSSR count). The largest absolute Gasteiger partial charge is 0.457 e. The number of ether oxygens (including phenoxy) is 1. The van der Waals surface area contributed by atoms with Crippen LogP contribution in [0, 0.1) is 18.8 Å². The van der Waals surface area contributed by atoms with E-state index < -0.39 is 0 Å². The molecule has 5 nitrogen and oxygen atoms in total. The van der Waals surface area contributed by atoms with Crippen LogP contribution in [0.15, 0.2) is 104 Å². The topological polar surface area (TPSA) is 44.9 Å². The SMILES string of the molecule is Cc1ccnc(-n2c3ccccc3c3ccc(Oc4cccc(-n5cc(-c6c(C(C)(C)C)cc(CC(C)C)c(CC(C)C)c6C(C)C)cn5)c4)cc32)c1. The van der Waals surface area contributed by atoms with Gasteiger partial charge in [-0.05, 0) is 119 Å². The lowest BCUT2D eigenvalue weighted by atomic mass is 9.73. The molecule has 0 spiro atoms. The zero-order chi connectivity index (χ0) is 37.6. The maximum Gasteiger partial charge on any atom is 0.137 e. The van der Waals surface area contributed by atoms with Gasteiger partial charge in [0.2, 0.25) is 0 Å². The van der Waals surface area contributed by atoms with Crippen LogP contribution in [0.5, 0.6) is 11.5 Å². The lowest BCUT2D eigenvalue weighted by Gasteiger charge is -2.31. The summed E-state index contributed by atoms with van der Waals surface area (Å²) < 4.78 is 10.8. The van der Waals surface area contributed by atoms with Crippen LogP contribution in [0.4, 0.5) is 0 Å². The van der Waals surface area contributed by atoms with E-state index in [1.165, 1.54) is 44.2 Å². The minimum Gasteiger partial charge on any atom is -0.457 e. The van der Waals surface area contributed by atoms with Gasteiger partial charge in [0.1, 0.15) is 17.3 Å². The number of aromatic nitrogens is 4. The van der Waals surface area contributed by atoms with Gasteiger partial charge in [0, 0.05) is 40.9 Å². The summed E-state index contributed by atoms with van der Waals surface area (Å²) in [5.74, 6) is 3.96. The molecular weight excluding hydrogens is 649 g/mol. The first-order valence-corrected chi connectivity index (χ1v) is 19.3. The number of aryl methyl sites for hydroxylation is 1. The van der Waals surface area contributed by atoms with Crippen LogP contribution in [0.2, 0.25) is 0 Å². The predicted molar refractivity (Wildman–Crippen MR) is 222 cm³/mol.